The number of hydrogen-bond donors (Lipinski definition) is 0. The van der Waals surface area contributed by atoms with Crippen LogP contribution >= 0.6 is 11.6 Å². The highest BCUT2D eigenvalue weighted by Crippen LogP contribution is 2.27. The molecule has 0 aromatic carbocycles. The first kappa shape index (κ1) is 13.8. The van der Waals surface area contributed by atoms with Gasteiger partial charge in [-0.25, -0.2) is 4.98 Å². The molecule has 0 fully saturated rings. The number of hydrogen-bond acceptors (Lipinski definition) is 4. The topological polar surface area (TPSA) is 67.6 Å². The summed E-state index contributed by atoms with van der Waals surface area (Å²) in [5.41, 5.74) is 0.969. The normalized spacial score (nSPS) is 11.7. The van der Waals surface area contributed by atoms with E-state index in [1.54, 1.807) is 36.5 Å². The van der Waals surface area contributed by atoms with E-state index in [0.717, 1.165) is 4.31 Å². The van der Waals surface area contributed by atoms with Gasteiger partial charge in [0.1, 0.15) is 5.65 Å². The molecule has 0 spiro atoms. The van der Waals surface area contributed by atoms with Crippen molar-refractivity contribution >= 4 is 33.0 Å². The van der Waals surface area contributed by atoms with Crippen LogP contribution in [0, 0.1) is 0 Å². The van der Waals surface area contributed by atoms with Crippen molar-refractivity contribution in [3.63, 3.8) is 0 Å². The van der Waals surface area contributed by atoms with Crippen molar-refractivity contribution in [1.82, 2.24) is 14.4 Å². The Balaban J connectivity index is 2.19. The van der Waals surface area contributed by atoms with Gasteiger partial charge >= 0.3 is 0 Å². The first-order chi connectivity index (χ1) is 10.0. The van der Waals surface area contributed by atoms with E-state index in [-0.39, 0.29) is 10.2 Å². The Morgan fingerprint density at radius 3 is 2.62 bits per heavy atom. The maximum Gasteiger partial charge on any atom is 0.283 e. The van der Waals surface area contributed by atoms with E-state index >= 15 is 0 Å². The second-order valence-corrected chi connectivity index (χ2v) is 6.56. The third kappa shape index (κ3) is 2.24. The van der Waals surface area contributed by atoms with Crippen LogP contribution in [0.5, 0.6) is 0 Å². The molecule has 0 aliphatic carbocycles. The van der Waals surface area contributed by atoms with Gasteiger partial charge < -0.3 is 0 Å². The third-order valence-electron chi connectivity index (χ3n) is 3.08. The molecule has 0 saturated carbocycles. The first-order valence-corrected chi connectivity index (χ1v) is 7.85. The SMILES string of the molecule is CN(c1ccncc1)S(=O)(=O)c1c(Cl)nc2ccccn12. The molecule has 0 aliphatic heterocycles. The highest BCUT2D eigenvalue weighted by atomic mass is 35.5. The molecule has 6 nitrogen and oxygen atoms in total. The largest absolute Gasteiger partial charge is 0.288 e. The van der Waals surface area contributed by atoms with Crippen molar-refractivity contribution in [2.45, 2.75) is 5.03 Å². The smallest absolute Gasteiger partial charge is 0.283 e. The van der Waals surface area contributed by atoms with Crippen molar-refractivity contribution in [1.29, 1.82) is 0 Å². The van der Waals surface area contributed by atoms with Crippen molar-refractivity contribution < 1.29 is 8.42 Å². The van der Waals surface area contributed by atoms with E-state index in [9.17, 15) is 8.42 Å². The third-order valence-corrected chi connectivity index (χ3v) is 5.26. The lowest BCUT2D eigenvalue weighted by molar-refractivity contribution is 0.589. The summed E-state index contributed by atoms with van der Waals surface area (Å²) < 4.78 is 28.2. The molecule has 3 aromatic rings. The molecule has 0 unspecified atom stereocenters. The summed E-state index contributed by atoms with van der Waals surface area (Å²) in [6.07, 6.45) is 4.66. The highest BCUT2D eigenvalue weighted by molar-refractivity contribution is 7.92. The summed E-state index contributed by atoms with van der Waals surface area (Å²) in [6, 6.07) is 8.39. The van der Waals surface area contributed by atoms with Crippen LogP contribution in [-0.2, 0) is 10.0 Å². The fraction of sp³-hybridized carbons (Fsp3) is 0.0769. The van der Waals surface area contributed by atoms with Crippen LogP contribution < -0.4 is 4.31 Å². The molecule has 0 bridgehead atoms. The zero-order valence-electron chi connectivity index (χ0n) is 11.0. The molecular weight excluding hydrogens is 312 g/mol. The predicted molar refractivity (Wildman–Crippen MR) is 80.0 cm³/mol. The highest BCUT2D eigenvalue weighted by Gasteiger charge is 2.29. The second kappa shape index (κ2) is 5.01. The lowest BCUT2D eigenvalue weighted by Gasteiger charge is -2.18. The average molecular weight is 323 g/mol. The minimum atomic E-state index is -3.83. The summed E-state index contributed by atoms with van der Waals surface area (Å²) in [6.45, 7) is 0. The van der Waals surface area contributed by atoms with Gasteiger partial charge in [-0.2, -0.15) is 8.42 Å². The van der Waals surface area contributed by atoms with Crippen molar-refractivity contribution in [2.75, 3.05) is 11.4 Å². The molecule has 21 heavy (non-hydrogen) atoms. The van der Waals surface area contributed by atoms with Gasteiger partial charge in [0.05, 0.1) is 5.69 Å². The van der Waals surface area contributed by atoms with E-state index in [4.69, 9.17) is 11.6 Å². The zero-order chi connectivity index (χ0) is 15.0. The number of fused-ring (bicyclic) bond motifs is 1. The molecule has 3 rings (SSSR count). The van der Waals surface area contributed by atoms with Crippen LogP contribution in [0.3, 0.4) is 0 Å². The molecule has 3 heterocycles. The summed E-state index contributed by atoms with van der Waals surface area (Å²) in [7, 11) is -2.37. The van der Waals surface area contributed by atoms with Gasteiger partial charge in [0.15, 0.2) is 10.2 Å². The van der Waals surface area contributed by atoms with Crippen LogP contribution in [0.15, 0.2) is 53.9 Å². The van der Waals surface area contributed by atoms with Crippen molar-refractivity contribution in [3.05, 3.63) is 54.1 Å². The lowest BCUT2D eigenvalue weighted by atomic mass is 10.4. The minimum absolute atomic E-state index is 0.0536. The number of aromatic nitrogens is 3. The van der Waals surface area contributed by atoms with Crippen LogP contribution in [-0.4, -0.2) is 29.8 Å². The molecule has 0 amide bonds. The maximum atomic E-state index is 12.8. The Morgan fingerprint density at radius 2 is 1.90 bits per heavy atom. The number of imidazole rings is 1. The second-order valence-electron chi connectivity index (χ2n) is 4.31. The Kier molecular flexibility index (Phi) is 3.30. The van der Waals surface area contributed by atoms with Crippen LogP contribution in [0.1, 0.15) is 0 Å². The van der Waals surface area contributed by atoms with E-state index in [2.05, 4.69) is 9.97 Å². The molecule has 3 aromatic heterocycles. The Morgan fingerprint density at radius 1 is 1.19 bits per heavy atom. The van der Waals surface area contributed by atoms with Gasteiger partial charge in [0.2, 0.25) is 0 Å². The fourth-order valence-electron chi connectivity index (χ4n) is 2.00. The number of rotatable bonds is 3. The standard InChI is InChI=1S/C13H11ClN4O2S/c1-17(10-5-7-15-8-6-10)21(19,20)13-12(14)16-11-4-2-3-9-18(11)13/h2-9H,1H3. The summed E-state index contributed by atoms with van der Waals surface area (Å²) in [5, 5.41) is -0.110. The number of halogens is 1. The van der Waals surface area contributed by atoms with Crippen LogP contribution in [0.4, 0.5) is 5.69 Å². The number of pyridine rings is 2. The van der Waals surface area contributed by atoms with Gasteiger partial charge in [-0.3, -0.25) is 13.7 Å². The van der Waals surface area contributed by atoms with Crippen molar-refractivity contribution in [2.24, 2.45) is 0 Å². The molecule has 0 atom stereocenters. The lowest BCUT2D eigenvalue weighted by Crippen LogP contribution is -2.27. The van der Waals surface area contributed by atoms with Gasteiger partial charge in [-0.05, 0) is 24.3 Å². The molecule has 0 saturated heterocycles. The zero-order valence-corrected chi connectivity index (χ0v) is 12.6. The molecule has 0 aliphatic rings. The Bertz CT molecular complexity index is 893. The predicted octanol–water partition coefficient (Wildman–Crippen LogP) is 2.21. The van der Waals surface area contributed by atoms with E-state index in [1.807, 2.05) is 0 Å². The molecule has 0 radical (unpaired) electrons. The van der Waals surface area contributed by atoms with Gasteiger partial charge in [-0.15, -0.1) is 0 Å². The van der Waals surface area contributed by atoms with Crippen LogP contribution in [0.25, 0.3) is 5.65 Å². The van der Waals surface area contributed by atoms with E-state index in [1.165, 1.54) is 23.8 Å². The fourth-order valence-corrected chi connectivity index (χ4v) is 3.79. The van der Waals surface area contributed by atoms with Crippen molar-refractivity contribution in [3.8, 4) is 0 Å². The Labute approximate surface area is 126 Å². The quantitative estimate of drug-likeness (QED) is 0.741. The molecule has 108 valence electrons. The van der Waals surface area contributed by atoms with E-state index < -0.39 is 10.0 Å². The van der Waals surface area contributed by atoms with Gasteiger partial charge in [-0.1, -0.05) is 17.7 Å². The molecular formula is C13H11ClN4O2S. The minimum Gasteiger partial charge on any atom is -0.288 e. The Hall–Kier alpha value is -2.12. The maximum absolute atomic E-state index is 12.8. The van der Waals surface area contributed by atoms with Gasteiger partial charge in [0, 0.05) is 25.6 Å². The van der Waals surface area contributed by atoms with E-state index in [0.29, 0.717) is 11.3 Å². The average Bonchev–Trinajstić information content (AvgIpc) is 2.83. The summed E-state index contributed by atoms with van der Waals surface area (Å²) in [4.78, 5) is 7.94. The van der Waals surface area contributed by atoms with Crippen LogP contribution in [0.2, 0.25) is 5.15 Å². The number of sulfonamides is 1. The summed E-state index contributed by atoms with van der Waals surface area (Å²) >= 11 is 6.03. The number of nitrogens with zero attached hydrogens (tertiary/aromatic N) is 4. The monoisotopic (exact) mass is 322 g/mol. The first-order valence-electron chi connectivity index (χ1n) is 6.03. The molecule has 8 heteroatoms. The number of anilines is 1. The van der Waals surface area contributed by atoms with Gasteiger partial charge in [0.25, 0.3) is 10.0 Å². The summed E-state index contributed by atoms with van der Waals surface area (Å²) in [5.74, 6) is 0. The molecule has 0 N–H and O–H groups in total.